The maximum absolute atomic E-state index is 14.4. The van der Waals surface area contributed by atoms with Crippen LogP contribution in [-0.4, -0.2) is 41.1 Å². The number of nitrogens with zero attached hydrogens (tertiary/aromatic N) is 1. The molecule has 1 amide bonds. The predicted molar refractivity (Wildman–Crippen MR) is 108 cm³/mol. The number of amides is 1. The number of hydrogen-bond acceptors (Lipinski definition) is 4. The minimum absolute atomic E-state index is 0.0775. The van der Waals surface area contributed by atoms with Crippen LogP contribution in [0.5, 0.6) is 0 Å². The number of dihydropyridines is 1. The maximum atomic E-state index is 14.4. The average molecular weight is 434 g/mol. The Morgan fingerprint density at radius 2 is 2.10 bits per heavy atom. The Kier molecular flexibility index (Phi) is 4.58. The first-order valence-corrected chi connectivity index (χ1v) is 10.2. The number of ether oxygens (including phenoxy) is 1. The number of carbonyl (C=O) groups is 1. The van der Waals surface area contributed by atoms with Crippen molar-refractivity contribution in [1.29, 1.82) is 0 Å². The molecule has 0 saturated heterocycles. The van der Waals surface area contributed by atoms with Gasteiger partial charge < -0.3 is 20.0 Å². The molecule has 2 saturated carbocycles. The molecule has 10 heteroatoms. The normalized spacial score (nSPS) is 30.0. The second-order valence-corrected chi connectivity index (χ2v) is 8.46. The highest BCUT2D eigenvalue weighted by molar-refractivity contribution is 6.01. The number of alkyl halides is 3. The number of nitrogens with one attached hydrogen (secondary N) is 3. The topological polar surface area (TPSA) is 99.3 Å². The van der Waals surface area contributed by atoms with Crippen molar-refractivity contribution in [3.63, 3.8) is 0 Å². The highest BCUT2D eigenvalue weighted by atomic mass is 19.4. The highest BCUT2D eigenvalue weighted by Crippen LogP contribution is 2.62. The lowest BCUT2D eigenvalue weighted by atomic mass is 9.77. The summed E-state index contributed by atoms with van der Waals surface area (Å²) in [5, 5.41) is 2.67. The van der Waals surface area contributed by atoms with Crippen LogP contribution < -0.4 is 11.0 Å². The van der Waals surface area contributed by atoms with Crippen LogP contribution in [0.3, 0.4) is 0 Å². The molecule has 2 fully saturated rings. The van der Waals surface area contributed by atoms with Gasteiger partial charge in [0, 0.05) is 12.1 Å². The summed E-state index contributed by atoms with van der Waals surface area (Å²) in [6, 6.07) is 4.89. The van der Waals surface area contributed by atoms with Crippen LogP contribution in [0.1, 0.15) is 19.3 Å². The van der Waals surface area contributed by atoms with E-state index in [1.54, 1.807) is 18.2 Å². The van der Waals surface area contributed by atoms with Crippen molar-refractivity contribution >= 4 is 28.8 Å². The van der Waals surface area contributed by atoms with Gasteiger partial charge in [0.15, 0.2) is 6.23 Å². The third kappa shape index (κ3) is 3.48. The van der Waals surface area contributed by atoms with Gasteiger partial charge in [-0.05, 0) is 49.3 Å². The third-order valence-corrected chi connectivity index (χ3v) is 6.32. The first-order chi connectivity index (χ1) is 14.8. The Balaban J connectivity index is 1.38. The van der Waals surface area contributed by atoms with E-state index < -0.39 is 41.3 Å². The number of halogens is 3. The zero-order valence-corrected chi connectivity index (χ0v) is 16.4. The van der Waals surface area contributed by atoms with Crippen LogP contribution in [0.15, 0.2) is 40.1 Å². The number of allylic oxidation sites excluding steroid dienone is 1. The van der Waals surface area contributed by atoms with E-state index in [-0.39, 0.29) is 18.9 Å². The largest absolute Gasteiger partial charge is 0.402 e. The van der Waals surface area contributed by atoms with Crippen LogP contribution in [0, 0.1) is 23.2 Å². The number of benzene rings is 1. The lowest BCUT2D eigenvalue weighted by Gasteiger charge is -2.39. The van der Waals surface area contributed by atoms with E-state index in [0.717, 1.165) is 18.9 Å². The standard InChI is InChI=1S/C21H21F3N4O3/c22-21(23,24)20(7-2-8-25-18(20)31-10-11-5-6-11)13-9-12(13)17(29)26-14-3-1-4-15-16(14)28-19(30)27-15/h1-4,7-8,11-13,18H,5-6,9-10H2,(H,26,29)(H2,27,28,30). The number of aliphatic imine (C=N–C) groups is 1. The van der Waals surface area contributed by atoms with Crippen LogP contribution in [0.25, 0.3) is 11.0 Å². The molecule has 1 aromatic heterocycles. The number of imidazole rings is 1. The van der Waals surface area contributed by atoms with Crippen molar-refractivity contribution in [2.75, 3.05) is 11.9 Å². The molecular formula is C21H21F3N4O3. The van der Waals surface area contributed by atoms with E-state index >= 15 is 0 Å². The molecule has 1 aromatic carbocycles. The molecule has 2 aliphatic carbocycles. The second-order valence-electron chi connectivity index (χ2n) is 8.46. The smallest absolute Gasteiger partial charge is 0.355 e. The molecule has 0 radical (unpaired) electrons. The Hall–Kier alpha value is -2.88. The fraction of sp³-hybridized carbons (Fsp3) is 0.476. The molecular weight excluding hydrogens is 413 g/mol. The van der Waals surface area contributed by atoms with Gasteiger partial charge in [0.2, 0.25) is 5.91 Å². The summed E-state index contributed by atoms with van der Waals surface area (Å²) < 4.78 is 48.7. The Bertz CT molecular complexity index is 1130. The van der Waals surface area contributed by atoms with Gasteiger partial charge in [0.1, 0.15) is 5.41 Å². The molecule has 0 spiro atoms. The van der Waals surface area contributed by atoms with Crippen molar-refractivity contribution in [3.8, 4) is 0 Å². The van der Waals surface area contributed by atoms with Gasteiger partial charge in [0.05, 0.1) is 23.3 Å². The van der Waals surface area contributed by atoms with Gasteiger partial charge in [0.25, 0.3) is 0 Å². The summed E-state index contributed by atoms with van der Waals surface area (Å²) in [4.78, 5) is 33.6. The Morgan fingerprint density at radius 3 is 2.84 bits per heavy atom. The zero-order chi connectivity index (χ0) is 21.8. The lowest BCUT2D eigenvalue weighted by Crippen LogP contribution is -2.50. The molecule has 4 atom stereocenters. The van der Waals surface area contributed by atoms with Crippen LogP contribution in [-0.2, 0) is 9.53 Å². The SMILES string of the molecule is O=C(Nc1cccc2[nH]c(=O)[nH]c12)C1CC1C1(C(F)(F)F)C=CC=NC1OCC1CC1. The monoisotopic (exact) mass is 434 g/mol. The van der Waals surface area contributed by atoms with E-state index in [1.165, 1.54) is 12.3 Å². The zero-order valence-electron chi connectivity index (χ0n) is 16.4. The minimum atomic E-state index is -4.62. The van der Waals surface area contributed by atoms with Gasteiger partial charge in [-0.1, -0.05) is 12.1 Å². The fourth-order valence-corrected chi connectivity index (χ4v) is 4.38. The van der Waals surface area contributed by atoms with E-state index in [0.29, 0.717) is 16.7 Å². The van der Waals surface area contributed by atoms with Gasteiger partial charge in [-0.15, -0.1) is 0 Å². The first kappa shape index (κ1) is 20.0. The quantitative estimate of drug-likeness (QED) is 0.650. The molecule has 164 valence electrons. The first-order valence-electron chi connectivity index (χ1n) is 10.2. The number of aromatic amines is 2. The summed E-state index contributed by atoms with van der Waals surface area (Å²) in [6.45, 7) is 0.236. The van der Waals surface area contributed by atoms with Crippen molar-refractivity contribution in [3.05, 3.63) is 40.8 Å². The lowest BCUT2D eigenvalue weighted by molar-refractivity contribution is -0.251. The summed E-state index contributed by atoms with van der Waals surface area (Å²) in [5.41, 5.74) is -1.53. The molecule has 2 aromatic rings. The van der Waals surface area contributed by atoms with Crippen LogP contribution >= 0.6 is 0 Å². The summed E-state index contributed by atoms with van der Waals surface area (Å²) in [6.07, 6.45) is -0.343. The number of rotatable bonds is 6. The summed E-state index contributed by atoms with van der Waals surface area (Å²) >= 11 is 0. The van der Waals surface area contributed by atoms with E-state index in [2.05, 4.69) is 20.3 Å². The number of anilines is 1. The van der Waals surface area contributed by atoms with Crippen LogP contribution in [0.4, 0.5) is 18.9 Å². The van der Waals surface area contributed by atoms with Crippen molar-refractivity contribution in [2.24, 2.45) is 28.2 Å². The number of H-pyrrole nitrogens is 2. The summed E-state index contributed by atoms with van der Waals surface area (Å²) in [5.74, 6) is -2.05. The van der Waals surface area contributed by atoms with Crippen molar-refractivity contribution in [2.45, 2.75) is 31.7 Å². The second kappa shape index (κ2) is 7.08. The van der Waals surface area contributed by atoms with Crippen molar-refractivity contribution in [1.82, 2.24) is 9.97 Å². The van der Waals surface area contributed by atoms with E-state index in [1.807, 2.05) is 0 Å². The molecule has 0 bridgehead atoms. The minimum Gasteiger partial charge on any atom is -0.355 e. The van der Waals surface area contributed by atoms with Crippen LogP contribution in [0.2, 0.25) is 0 Å². The fourth-order valence-electron chi connectivity index (χ4n) is 4.38. The van der Waals surface area contributed by atoms with E-state index in [4.69, 9.17) is 4.74 Å². The molecule has 2 heterocycles. The number of carbonyl (C=O) groups excluding carboxylic acids is 1. The number of aromatic nitrogens is 2. The number of fused-ring (bicyclic) bond motifs is 1. The predicted octanol–water partition coefficient (Wildman–Crippen LogP) is 3.37. The number of para-hydroxylation sites is 1. The van der Waals surface area contributed by atoms with Crippen molar-refractivity contribution < 1.29 is 22.7 Å². The van der Waals surface area contributed by atoms with Gasteiger partial charge in [-0.3, -0.25) is 9.79 Å². The molecule has 31 heavy (non-hydrogen) atoms. The molecule has 7 nitrogen and oxygen atoms in total. The molecule has 3 aliphatic rings. The Morgan fingerprint density at radius 1 is 1.29 bits per heavy atom. The third-order valence-electron chi connectivity index (χ3n) is 6.32. The summed E-state index contributed by atoms with van der Waals surface area (Å²) in [7, 11) is 0. The maximum Gasteiger partial charge on any atom is 0.402 e. The molecule has 5 rings (SSSR count). The van der Waals surface area contributed by atoms with Gasteiger partial charge in [-0.25, -0.2) is 4.79 Å². The molecule has 1 aliphatic heterocycles. The average Bonchev–Trinajstić information content (AvgIpc) is 3.63. The number of hydrogen-bond donors (Lipinski definition) is 3. The van der Waals surface area contributed by atoms with E-state index in [9.17, 15) is 22.8 Å². The van der Waals surface area contributed by atoms with Gasteiger partial charge in [-0.2, -0.15) is 13.2 Å². The molecule has 4 unspecified atom stereocenters. The van der Waals surface area contributed by atoms with Gasteiger partial charge >= 0.3 is 11.9 Å². The molecule has 3 N–H and O–H groups in total. The highest BCUT2D eigenvalue weighted by Gasteiger charge is 2.70. The Labute approximate surface area is 174 Å².